The third-order valence-corrected chi connectivity index (χ3v) is 5.20. The molecule has 0 aliphatic carbocycles. The third-order valence-electron chi connectivity index (χ3n) is 5.20. The Morgan fingerprint density at radius 2 is 2.00 bits per heavy atom. The molecule has 6 heteroatoms. The summed E-state index contributed by atoms with van der Waals surface area (Å²) in [6.07, 6.45) is 3.54. The summed E-state index contributed by atoms with van der Waals surface area (Å²) in [6.45, 7) is 7.07. The van der Waals surface area contributed by atoms with E-state index in [-0.39, 0.29) is 5.91 Å². The van der Waals surface area contributed by atoms with Gasteiger partial charge in [0.1, 0.15) is 0 Å². The van der Waals surface area contributed by atoms with E-state index in [1.54, 1.807) is 18.4 Å². The van der Waals surface area contributed by atoms with Gasteiger partial charge in [-0.25, -0.2) is 0 Å². The van der Waals surface area contributed by atoms with Gasteiger partial charge in [-0.15, -0.1) is 0 Å². The van der Waals surface area contributed by atoms with Gasteiger partial charge >= 0.3 is 0 Å². The van der Waals surface area contributed by atoms with Crippen molar-refractivity contribution in [3.8, 4) is 11.5 Å². The Labute approximate surface area is 159 Å². The van der Waals surface area contributed by atoms with E-state index >= 15 is 0 Å². The lowest BCUT2D eigenvalue weighted by Gasteiger charge is -2.24. The highest BCUT2D eigenvalue weighted by atomic mass is 16.7. The Hall–Kier alpha value is -2.47. The lowest BCUT2D eigenvalue weighted by Crippen LogP contribution is -2.36. The van der Waals surface area contributed by atoms with Gasteiger partial charge in [0.2, 0.25) is 6.79 Å². The largest absolute Gasteiger partial charge is 0.459 e. The molecule has 1 atom stereocenters. The van der Waals surface area contributed by atoms with Crippen molar-refractivity contribution in [3.05, 3.63) is 47.9 Å². The maximum Gasteiger partial charge on any atom is 0.289 e. The van der Waals surface area contributed by atoms with Crippen LogP contribution < -0.4 is 9.47 Å². The van der Waals surface area contributed by atoms with E-state index in [1.165, 1.54) is 5.56 Å². The van der Waals surface area contributed by atoms with Gasteiger partial charge in [0, 0.05) is 26.2 Å². The van der Waals surface area contributed by atoms with Crippen LogP contribution in [0.15, 0.2) is 41.0 Å². The first-order chi connectivity index (χ1) is 13.2. The van der Waals surface area contributed by atoms with Crippen LogP contribution in [0.2, 0.25) is 0 Å². The number of benzene rings is 1. The van der Waals surface area contributed by atoms with Gasteiger partial charge < -0.3 is 23.7 Å². The molecular weight excluding hydrogens is 344 g/mol. The smallest absolute Gasteiger partial charge is 0.289 e. The molecule has 0 saturated carbocycles. The molecule has 0 spiro atoms. The minimum Gasteiger partial charge on any atom is -0.459 e. The van der Waals surface area contributed by atoms with E-state index in [2.05, 4.69) is 24.0 Å². The highest BCUT2D eigenvalue weighted by molar-refractivity contribution is 5.91. The zero-order valence-corrected chi connectivity index (χ0v) is 15.7. The Balaban J connectivity index is 1.29. The summed E-state index contributed by atoms with van der Waals surface area (Å²) in [4.78, 5) is 16.8. The topological polar surface area (TPSA) is 55.2 Å². The molecule has 2 aliphatic rings. The molecule has 144 valence electrons. The monoisotopic (exact) mass is 370 g/mol. The van der Waals surface area contributed by atoms with E-state index in [0.29, 0.717) is 18.5 Å². The van der Waals surface area contributed by atoms with Crippen molar-refractivity contribution < 1.29 is 18.7 Å². The maximum absolute atomic E-state index is 12.5. The summed E-state index contributed by atoms with van der Waals surface area (Å²) in [7, 11) is 0. The van der Waals surface area contributed by atoms with Crippen molar-refractivity contribution in [3.63, 3.8) is 0 Å². The molecule has 6 nitrogen and oxygen atoms in total. The van der Waals surface area contributed by atoms with Crippen LogP contribution in [0.5, 0.6) is 11.5 Å². The second kappa shape index (κ2) is 8.05. The fourth-order valence-corrected chi connectivity index (χ4v) is 3.89. The molecule has 1 aromatic carbocycles. The molecule has 0 bridgehead atoms. The van der Waals surface area contributed by atoms with Crippen LogP contribution in [0.1, 0.15) is 29.5 Å². The first-order valence-electron chi connectivity index (χ1n) is 9.63. The summed E-state index contributed by atoms with van der Waals surface area (Å²) >= 11 is 0. The molecule has 3 heterocycles. The summed E-state index contributed by atoms with van der Waals surface area (Å²) in [5.74, 6) is 2.63. The predicted molar refractivity (Wildman–Crippen MR) is 101 cm³/mol. The highest BCUT2D eigenvalue weighted by Crippen LogP contribution is 2.33. The van der Waals surface area contributed by atoms with Crippen LogP contribution in [-0.2, 0) is 6.42 Å². The quantitative estimate of drug-likeness (QED) is 0.810. The summed E-state index contributed by atoms with van der Waals surface area (Å²) < 4.78 is 16.1. The Bertz CT molecular complexity index is 774. The van der Waals surface area contributed by atoms with E-state index in [1.807, 2.05) is 11.0 Å². The lowest BCUT2D eigenvalue weighted by molar-refractivity contribution is 0.0729. The van der Waals surface area contributed by atoms with E-state index in [0.717, 1.165) is 57.1 Å². The number of furan rings is 1. The van der Waals surface area contributed by atoms with Gasteiger partial charge in [-0.2, -0.15) is 0 Å². The van der Waals surface area contributed by atoms with Crippen LogP contribution in [0.3, 0.4) is 0 Å². The van der Waals surface area contributed by atoms with E-state index < -0.39 is 0 Å². The van der Waals surface area contributed by atoms with Crippen molar-refractivity contribution in [2.45, 2.75) is 19.8 Å². The molecular formula is C21H26N2O4. The standard InChI is InChI=1S/C21H26N2O4/c1-16(12-17-5-6-18-20(13-17)27-15-26-18)14-22-7-3-8-23(10-9-22)21(24)19-4-2-11-25-19/h2,4-6,11,13,16H,3,7-10,12,14-15H2,1H3. The van der Waals surface area contributed by atoms with Crippen LogP contribution in [0.25, 0.3) is 0 Å². The molecule has 1 aromatic heterocycles. The van der Waals surface area contributed by atoms with Crippen molar-refractivity contribution in [1.82, 2.24) is 9.80 Å². The average Bonchev–Trinajstić information content (AvgIpc) is 3.30. The van der Waals surface area contributed by atoms with Gasteiger partial charge in [0.15, 0.2) is 17.3 Å². The van der Waals surface area contributed by atoms with Gasteiger partial charge in [0.25, 0.3) is 5.91 Å². The number of amides is 1. The first kappa shape index (κ1) is 17.9. The fraction of sp³-hybridized carbons (Fsp3) is 0.476. The molecule has 0 radical (unpaired) electrons. The number of nitrogens with zero attached hydrogens (tertiary/aromatic N) is 2. The average molecular weight is 370 g/mol. The molecule has 2 aliphatic heterocycles. The van der Waals surface area contributed by atoms with Crippen molar-refractivity contribution in [2.24, 2.45) is 5.92 Å². The number of hydrogen-bond donors (Lipinski definition) is 0. The second-order valence-electron chi connectivity index (χ2n) is 7.42. The van der Waals surface area contributed by atoms with Crippen molar-refractivity contribution >= 4 is 5.91 Å². The van der Waals surface area contributed by atoms with Gasteiger partial charge in [-0.1, -0.05) is 13.0 Å². The Morgan fingerprint density at radius 1 is 1.11 bits per heavy atom. The number of carbonyl (C=O) groups excluding carboxylic acids is 1. The SMILES string of the molecule is CC(Cc1ccc2c(c1)OCO2)CN1CCCN(C(=O)c2ccco2)CC1. The Morgan fingerprint density at radius 3 is 2.85 bits per heavy atom. The molecule has 4 rings (SSSR count). The van der Waals surface area contributed by atoms with Crippen LogP contribution in [-0.4, -0.2) is 55.2 Å². The maximum atomic E-state index is 12.5. The molecule has 1 saturated heterocycles. The highest BCUT2D eigenvalue weighted by Gasteiger charge is 2.23. The number of fused-ring (bicyclic) bond motifs is 1. The van der Waals surface area contributed by atoms with Gasteiger partial charge in [-0.05, 0) is 55.1 Å². The molecule has 1 fully saturated rings. The molecule has 2 aromatic rings. The number of rotatable bonds is 5. The molecule has 1 unspecified atom stereocenters. The van der Waals surface area contributed by atoms with Crippen molar-refractivity contribution in [1.29, 1.82) is 0 Å². The van der Waals surface area contributed by atoms with Crippen LogP contribution >= 0.6 is 0 Å². The summed E-state index contributed by atoms with van der Waals surface area (Å²) in [5, 5.41) is 0. The summed E-state index contributed by atoms with van der Waals surface area (Å²) in [5.41, 5.74) is 1.27. The van der Waals surface area contributed by atoms with Gasteiger partial charge in [0.05, 0.1) is 6.26 Å². The number of ether oxygens (including phenoxy) is 2. The zero-order chi connectivity index (χ0) is 18.6. The molecule has 1 amide bonds. The number of carbonyl (C=O) groups is 1. The third kappa shape index (κ3) is 4.27. The molecule has 0 N–H and O–H groups in total. The summed E-state index contributed by atoms with van der Waals surface area (Å²) in [6, 6.07) is 9.70. The normalized spacial score (nSPS) is 18.3. The van der Waals surface area contributed by atoms with Crippen LogP contribution in [0, 0.1) is 5.92 Å². The zero-order valence-electron chi connectivity index (χ0n) is 15.7. The lowest BCUT2D eigenvalue weighted by atomic mass is 10.00. The van der Waals surface area contributed by atoms with Crippen molar-refractivity contribution in [2.75, 3.05) is 39.5 Å². The van der Waals surface area contributed by atoms with E-state index in [9.17, 15) is 4.79 Å². The minimum atomic E-state index is -0.00439. The first-order valence-corrected chi connectivity index (χ1v) is 9.63. The fourth-order valence-electron chi connectivity index (χ4n) is 3.89. The second-order valence-corrected chi connectivity index (χ2v) is 7.42. The molecule has 27 heavy (non-hydrogen) atoms. The van der Waals surface area contributed by atoms with E-state index in [4.69, 9.17) is 13.9 Å². The Kier molecular flexibility index (Phi) is 5.34. The van der Waals surface area contributed by atoms with Gasteiger partial charge in [-0.3, -0.25) is 4.79 Å². The number of hydrogen-bond acceptors (Lipinski definition) is 5. The van der Waals surface area contributed by atoms with Crippen LogP contribution in [0.4, 0.5) is 0 Å². The predicted octanol–water partition coefficient (Wildman–Crippen LogP) is 3.04. The minimum absolute atomic E-state index is 0.00439.